The van der Waals surface area contributed by atoms with E-state index in [1.54, 1.807) is 0 Å². The van der Waals surface area contributed by atoms with Gasteiger partial charge in [0.05, 0.1) is 6.20 Å². The molecule has 0 atom stereocenters. The second-order valence-corrected chi connectivity index (χ2v) is 3.76. The van der Waals surface area contributed by atoms with E-state index >= 15 is 0 Å². The monoisotopic (exact) mass is 179 g/mol. The van der Waals surface area contributed by atoms with Crippen LogP contribution >= 0.6 is 0 Å². The van der Waals surface area contributed by atoms with E-state index in [1.807, 2.05) is 12.4 Å². The van der Waals surface area contributed by atoms with Crippen LogP contribution in [0.3, 0.4) is 0 Å². The molecule has 1 fully saturated rings. The second kappa shape index (κ2) is 4.42. The van der Waals surface area contributed by atoms with Gasteiger partial charge in [0, 0.05) is 6.20 Å². The third kappa shape index (κ3) is 2.56. The maximum absolute atomic E-state index is 3.93. The van der Waals surface area contributed by atoms with Gasteiger partial charge in [-0.15, -0.1) is 0 Å². The van der Waals surface area contributed by atoms with Crippen molar-refractivity contribution in [3.63, 3.8) is 0 Å². The van der Waals surface area contributed by atoms with Crippen LogP contribution in [0.1, 0.15) is 24.8 Å². The number of nitrogens with zero attached hydrogens (tertiary/aromatic N) is 2. The van der Waals surface area contributed by atoms with E-state index in [0.29, 0.717) is 0 Å². The molecular weight excluding hydrogens is 162 g/mol. The smallest absolute Gasteiger partial charge is 0.0519 e. The first-order valence-electron chi connectivity index (χ1n) is 5.15. The zero-order valence-corrected chi connectivity index (χ0v) is 8.00. The molecule has 2 rings (SSSR count). The minimum absolute atomic E-state index is 1.16. The molecule has 0 spiro atoms. The van der Waals surface area contributed by atoms with Crippen LogP contribution in [0.15, 0.2) is 12.4 Å². The largest absolute Gasteiger partial charge is 0.303 e. The Labute approximate surface area is 79.1 Å². The molecule has 1 aliphatic rings. The number of H-pyrrole nitrogens is 1. The van der Waals surface area contributed by atoms with Crippen LogP contribution in [0.2, 0.25) is 0 Å². The third-order valence-electron chi connectivity index (χ3n) is 2.69. The van der Waals surface area contributed by atoms with Crippen LogP contribution in [0.25, 0.3) is 0 Å². The Morgan fingerprint density at radius 1 is 1.38 bits per heavy atom. The molecule has 0 saturated carbocycles. The summed E-state index contributed by atoms with van der Waals surface area (Å²) in [7, 11) is 0. The first-order chi connectivity index (χ1) is 6.45. The van der Waals surface area contributed by atoms with Gasteiger partial charge >= 0.3 is 0 Å². The Morgan fingerprint density at radius 2 is 2.23 bits per heavy atom. The highest BCUT2D eigenvalue weighted by Crippen LogP contribution is 2.08. The lowest BCUT2D eigenvalue weighted by Crippen LogP contribution is -2.20. The molecule has 3 heteroatoms. The van der Waals surface area contributed by atoms with Crippen molar-refractivity contribution in [1.82, 2.24) is 15.1 Å². The van der Waals surface area contributed by atoms with Gasteiger partial charge < -0.3 is 4.90 Å². The highest BCUT2D eigenvalue weighted by molar-refractivity contribution is 5.02. The van der Waals surface area contributed by atoms with Gasteiger partial charge in [-0.1, -0.05) is 0 Å². The standard InChI is InChI=1S/C10H17N3/c1-2-6-13(5-1)7-3-4-10-8-11-12-9-10/h8-9H,1-7H2,(H,11,12). The predicted octanol–water partition coefficient (Wildman–Crippen LogP) is 1.44. The van der Waals surface area contributed by atoms with E-state index in [1.165, 1.54) is 44.5 Å². The van der Waals surface area contributed by atoms with E-state index in [-0.39, 0.29) is 0 Å². The Bertz CT molecular complexity index is 224. The topological polar surface area (TPSA) is 31.9 Å². The molecule has 0 unspecified atom stereocenters. The minimum atomic E-state index is 1.16. The van der Waals surface area contributed by atoms with Gasteiger partial charge in [0.25, 0.3) is 0 Å². The molecule has 1 saturated heterocycles. The fourth-order valence-electron chi connectivity index (χ4n) is 1.93. The van der Waals surface area contributed by atoms with Gasteiger partial charge in [0.1, 0.15) is 0 Å². The number of hydrogen-bond acceptors (Lipinski definition) is 2. The Hall–Kier alpha value is -0.830. The average Bonchev–Trinajstić information content (AvgIpc) is 2.75. The molecule has 0 aromatic carbocycles. The van der Waals surface area contributed by atoms with Gasteiger partial charge in [0.15, 0.2) is 0 Å². The summed E-state index contributed by atoms with van der Waals surface area (Å²) in [6.45, 7) is 3.88. The van der Waals surface area contributed by atoms with Crippen LogP contribution in [0, 0.1) is 0 Å². The zero-order valence-electron chi connectivity index (χ0n) is 8.00. The number of hydrogen-bond donors (Lipinski definition) is 1. The van der Waals surface area contributed by atoms with Gasteiger partial charge in [-0.2, -0.15) is 5.10 Å². The van der Waals surface area contributed by atoms with E-state index in [2.05, 4.69) is 15.1 Å². The summed E-state index contributed by atoms with van der Waals surface area (Å²) in [4.78, 5) is 2.56. The van der Waals surface area contributed by atoms with Crippen molar-refractivity contribution in [1.29, 1.82) is 0 Å². The fourth-order valence-corrected chi connectivity index (χ4v) is 1.93. The second-order valence-electron chi connectivity index (χ2n) is 3.76. The molecule has 3 nitrogen and oxygen atoms in total. The highest BCUT2D eigenvalue weighted by Gasteiger charge is 2.10. The quantitative estimate of drug-likeness (QED) is 0.758. The number of rotatable bonds is 4. The lowest BCUT2D eigenvalue weighted by molar-refractivity contribution is 0.334. The Balaban J connectivity index is 1.63. The van der Waals surface area contributed by atoms with Crippen molar-refractivity contribution in [3.05, 3.63) is 18.0 Å². The summed E-state index contributed by atoms with van der Waals surface area (Å²) in [5.41, 5.74) is 1.33. The van der Waals surface area contributed by atoms with E-state index < -0.39 is 0 Å². The van der Waals surface area contributed by atoms with Crippen molar-refractivity contribution in [2.75, 3.05) is 19.6 Å². The molecule has 0 radical (unpaired) electrons. The van der Waals surface area contributed by atoms with Gasteiger partial charge in [-0.3, -0.25) is 5.10 Å². The van der Waals surface area contributed by atoms with Crippen LogP contribution in [-0.4, -0.2) is 34.7 Å². The number of aryl methyl sites for hydroxylation is 1. The first-order valence-corrected chi connectivity index (χ1v) is 5.15. The molecule has 72 valence electrons. The summed E-state index contributed by atoms with van der Waals surface area (Å²) in [6, 6.07) is 0. The number of nitrogens with one attached hydrogen (secondary N) is 1. The van der Waals surface area contributed by atoms with Gasteiger partial charge in [0.2, 0.25) is 0 Å². The third-order valence-corrected chi connectivity index (χ3v) is 2.69. The molecule has 2 heterocycles. The average molecular weight is 179 g/mol. The van der Waals surface area contributed by atoms with Gasteiger partial charge in [-0.05, 0) is 50.9 Å². The van der Waals surface area contributed by atoms with Crippen molar-refractivity contribution in [2.24, 2.45) is 0 Å². The number of likely N-dealkylation sites (tertiary alicyclic amines) is 1. The van der Waals surface area contributed by atoms with E-state index in [4.69, 9.17) is 0 Å². The molecule has 0 aliphatic carbocycles. The SMILES string of the molecule is c1n[nH]cc1CCCN1CCCC1. The number of aromatic amines is 1. The molecular formula is C10H17N3. The molecule has 1 aliphatic heterocycles. The lowest BCUT2D eigenvalue weighted by Gasteiger charge is -2.13. The van der Waals surface area contributed by atoms with Gasteiger partial charge in [-0.25, -0.2) is 0 Å². The van der Waals surface area contributed by atoms with Crippen molar-refractivity contribution >= 4 is 0 Å². The van der Waals surface area contributed by atoms with E-state index in [0.717, 1.165) is 6.42 Å². The molecule has 1 aromatic rings. The van der Waals surface area contributed by atoms with Crippen molar-refractivity contribution in [3.8, 4) is 0 Å². The normalized spacial score (nSPS) is 18.2. The zero-order chi connectivity index (χ0) is 8.93. The molecule has 0 bridgehead atoms. The molecule has 13 heavy (non-hydrogen) atoms. The minimum Gasteiger partial charge on any atom is -0.303 e. The summed E-state index contributed by atoms with van der Waals surface area (Å²) in [6.07, 6.45) is 9.12. The predicted molar refractivity (Wildman–Crippen MR) is 52.6 cm³/mol. The van der Waals surface area contributed by atoms with E-state index in [9.17, 15) is 0 Å². The van der Waals surface area contributed by atoms with Crippen LogP contribution in [0.4, 0.5) is 0 Å². The van der Waals surface area contributed by atoms with Crippen LogP contribution < -0.4 is 0 Å². The molecule has 1 aromatic heterocycles. The first kappa shape index (κ1) is 8.75. The summed E-state index contributed by atoms with van der Waals surface area (Å²) < 4.78 is 0. The number of aromatic nitrogens is 2. The maximum atomic E-state index is 3.93. The summed E-state index contributed by atoms with van der Waals surface area (Å²) in [5, 5.41) is 6.78. The lowest BCUT2D eigenvalue weighted by atomic mass is 10.2. The maximum Gasteiger partial charge on any atom is 0.0519 e. The van der Waals surface area contributed by atoms with Crippen molar-refractivity contribution in [2.45, 2.75) is 25.7 Å². The van der Waals surface area contributed by atoms with Crippen molar-refractivity contribution < 1.29 is 0 Å². The fraction of sp³-hybridized carbons (Fsp3) is 0.700. The summed E-state index contributed by atoms with van der Waals surface area (Å²) >= 11 is 0. The summed E-state index contributed by atoms with van der Waals surface area (Å²) in [5.74, 6) is 0. The van der Waals surface area contributed by atoms with Crippen LogP contribution in [0.5, 0.6) is 0 Å². The van der Waals surface area contributed by atoms with Crippen LogP contribution in [-0.2, 0) is 6.42 Å². The molecule has 1 N–H and O–H groups in total. The molecule has 0 amide bonds. The Kier molecular flexibility index (Phi) is 2.98. The Morgan fingerprint density at radius 3 is 2.92 bits per heavy atom. The highest BCUT2D eigenvalue weighted by atomic mass is 15.1.